The summed E-state index contributed by atoms with van der Waals surface area (Å²) in [5.74, 6) is 1.15. The van der Waals surface area contributed by atoms with Crippen LogP contribution in [0.25, 0.3) is 0 Å². The number of nitrogens with zero attached hydrogens (tertiary/aromatic N) is 2. The molecule has 2 rings (SSSR count). The molecule has 0 radical (unpaired) electrons. The van der Waals surface area contributed by atoms with E-state index in [1.807, 2.05) is 11.8 Å². The Morgan fingerprint density at radius 2 is 2.16 bits per heavy atom. The summed E-state index contributed by atoms with van der Waals surface area (Å²) in [4.78, 5) is 7.08. The SMILES string of the molecule is CC(C)N(C)CCCN=C1NC2(CCOCC2)CS1. The lowest BCUT2D eigenvalue weighted by atomic mass is 9.93. The number of thioether (sulfide) groups is 1. The van der Waals surface area contributed by atoms with Gasteiger partial charge in [-0.05, 0) is 46.7 Å². The van der Waals surface area contributed by atoms with Gasteiger partial charge in [0.05, 0.1) is 5.54 Å². The molecule has 0 aliphatic carbocycles. The largest absolute Gasteiger partial charge is 0.381 e. The summed E-state index contributed by atoms with van der Waals surface area (Å²) in [6, 6.07) is 0.622. The Labute approximate surface area is 121 Å². The molecule has 110 valence electrons. The summed E-state index contributed by atoms with van der Waals surface area (Å²) in [6.07, 6.45) is 3.38. The van der Waals surface area contributed by atoms with E-state index in [1.165, 1.54) is 0 Å². The minimum absolute atomic E-state index is 0.274. The Kier molecular flexibility index (Phi) is 5.54. The van der Waals surface area contributed by atoms with Gasteiger partial charge < -0.3 is 15.0 Å². The number of nitrogens with one attached hydrogen (secondary N) is 1. The number of ether oxygens (including phenoxy) is 1. The minimum Gasteiger partial charge on any atom is -0.381 e. The number of rotatable bonds is 5. The van der Waals surface area contributed by atoms with E-state index in [9.17, 15) is 0 Å². The molecule has 0 aromatic carbocycles. The molecule has 1 N–H and O–H groups in total. The van der Waals surface area contributed by atoms with Gasteiger partial charge in [0.2, 0.25) is 0 Å². The van der Waals surface area contributed by atoms with Crippen molar-refractivity contribution in [3.8, 4) is 0 Å². The van der Waals surface area contributed by atoms with E-state index in [-0.39, 0.29) is 5.54 Å². The highest BCUT2D eigenvalue weighted by molar-refractivity contribution is 8.14. The van der Waals surface area contributed by atoms with E-state index >= 15 is 0 Å². The molecule has 2 aliphatic rings. The van der Waals surface area contributed by atoms with E-state index in [1.54, 1.807) is 0 Å². The van der Waals surface area contributed by atoms with Crippen LogP contribution in [0.2, 0.25) is 0 Å². The maximum absolute atomic E-state index is 5.44. The molecule has 0 amide bonds. The number of aliphatic imine (C=N–C) groups is 1. The molecular weight excluding hydrogens is 258 g/mol. The van der Waals surface area contributed by atoms with Gasteiger partial charge in [0.15, 0.2) is 5.17 Å². The fraction of sp³-hybridized carbons (Fsp3) is 0.929. The van der Waals surface area contributed by atoms with Gasteiger partial charge in [-0.2, -0.15) is 0 Å². The normalized spacial score (nSPS) is 24.6. The second-order valence-corrected chi connectivity index (χ2v) is 6.89. The molecular formula is C14H27N3OS. The Bertz CT molecular complexity index is 314. The van der Waals surface area contributed by atoms with Crippen LogP contribution in [0.15, 0.2) is 4.99 Å². The Morgan fingerprint density at radius 1 is 1.42 bits per heavy atom. The molecule has 5 heteroatoms. The standard InChI is InChI=1S/C14H27N3OS/c1-12(2)17(3)8-4-7-15-13-16-14(11-19-13)5-9-18-10-6-14/h12H,4-11H2,1-3H3,(H,15,16). The fourth-order valence-electron chi connectivity index (χ4n) is 2.38. The van der Waals surface area contributed by atoms with E-state index in [0.29, 0.717) is 6.04 Å². The zero-order valence-electron chi connectivity index (χ0n) is 12.4. The first-order valence-corrected chi connectivity index (χ1v) is 8.33. The van der Waals surface area contributed by atoms with Gasteiger partial charge in [-0.25, -0.2) is 0 Å². The monoisotopic (exact) mass is 285 g/mol. The van der Waals surface area contributed by atoms with E-state index in [2.05, 4.69) is 31.1 Å². The van der Waals surface area contributed by atoms with Crippen LogP contribution in [0.4, 0.5) is 0 Å². The van der Waals surface area contributed by atoms with Crippen molar-refractivity contribution in [2.24, 2.45) is 4.99 Å². The van der Waals surface area contributed by atoms with Crippen molar-refractivity contribution in [1.29, 1.82) is 0 Å². The van der Waals surface area contributed by atoms with Gasteiger partial charge in [0.25, 0.3) is 0 Å². The molecule has 0 bridgehead atoms. The third-order valence-corrected chi connectivity index (χ3v) is 5.31. The van der Waals surface area contributed by atoms with Crippen molar-refractivity contribution in [1.82, 2.24) is 10.2 Å². The lowest BCUT2D eigenvalue weighted by Gasteiger charge is -2.32. The highest BCUT2D eigenvalue weighted by Gasteiger charge is 2.38. The van der Waals surface area contributed by atoms with Crippen LogP contribution < -0.4 is 5.32 Å². The van der Waals surface area contributed by atoms with E-state index < -0.39 is 0 Å². The first kappa shape index (κ1) is 15.1. The first-order valence-electron chi connectivity index (χ1n) is 7.35. The van der Waals surface area contributed by atoms with E-state index in [0.717, 1.165) is 56.5 Å². The maximum Gasteiger partial charge on any atom is 0.157 e. The van der Waals surface area contributed by atoms with E-state index in [4.69, 9.17) is 9.73 Å². The Morgan fingerprint density at radius 3 is 2.84 bits per heavy atom. The summed E-state index contributed by atoms with van der Waals surface area (Å²) >= 11 is 1.88. The van der Waals surface area contributed by atoms with Crippen LogP contribution in [-0.2, 0) is 4.74 Å². The van der Waals surface area contributed by atoms with Crippen LogP contribution >= 0.6 is 11.8 Å². The summed E-state index contributed by atoms with van der Waals surface area (Å²) < 4.78 is 5.44. The van der Waals surface area contributed by atoms with Gasteiger partial charge in [0, 0.05) is 31.6 Å². The number of hydrogen-bond acceptors (Lipinski definition) is 4. The molecule has 0 atom stereocenters. The second-order valence-electron chi connectivity index (χ2n) is 5.92. The van der Waals surface area contributed by atoms with Crippen molar-refractivity contribution in [2.45, 2.75) is 44.7 Å². The second kappa shape index (κ2) is 6.95. The molecule has 19 heavy (non-hydrogen) atoms. The van der Waals surface area contributed by atoms with Gasteiger partial charge in [-0.1, -0.05) is 11.8 Å². The molecule has 0 aromatic rings. The fourth-order valence-corrected chi connectivity index (χ4v) is 3.63. The molecule has 4 nitrogen and oxygen atoms in total. The molecule has 2 saturated heterocycles. The lowest BCUT2D eigenvalue weighted by Crippen LogP contribution is -2.48. The average Bonchev–Trinajstić information content (AvgIpc) is 2.78. The summed E-state index contributed by atoms with van der Waals surface area (Å²) in [5, 5.41) is 4.78. The summed E-state index contributed by atoms with van der Waals surface area (Å²) in [6.45, 7) is 8.29. The zero-order chi connectivity index (χ0) is 13.7. The van der Waals surface area contributed by atoms with Crippen LogP contribution in [0.5, 0.6) is 0 Å². The third-order valence-electron chi connectivity index (χ3n) is 4.11. The van der Waals surface area contributed by atoms with Gasteiger partial charge >= 0.3 is 0 Å². The molecule has 0 saturated carbocycles. The smallest absolute Gasteiger partial charge is 0.157 e. The first-order chi connectivity index (χ1) is 9.11. The van der Waals surface area contributed by atoms with Gasteiger partial charge in [-0.3, -0.25) is 4.99 Å². The van der Waals surface area contributed by atoms with Crippen LogP contribution in [0, 0.1) is 0 Å². The number of hydrogen-bond donors (Lipinski definition) is 1. The van der Waals surface area contributed by atoms with Crippen molar-refractivity contribution < 1.29 is 4.74 Å². The average molecular weight is 285 g/mol. The Balaban J connectivity index is 1.70. The van der Waals surface area contributed by atoms with Crippen LogP contribution in [0.1, 0.15) is 33.1 Å². The van der Waals surface area contributed by atoms with Crippen LogP contribution in [-0.4, -0.2) is 60.8 Å². The number of amidine groups is 1. The maximum atomic E-state index is 5.44. The predicted molar refractivity (Wildman–Crippen MR) is 83.1 cm³/mol. The molecule has 0 aromatic heterocycles. The van der Waals surface area contributed by atoms with Crippen molar-refractivity contribution in [2.75, 3.05) is 39.1 Å². The molecule has 1 spiro atoms. The van der Waals surface area contributed by atoms with Crippen LogP contribution in [0.3, 0.4) is 0 Å². The topological polar surface area (TPSA) is 36.9 Å². The molecule has 2 aliphatic heterocycles. The highest BCUT2D eigenvalue weighted by atomic mass is 32.2. The highest BCUT2D eigenvalue weighted by Crippen LogP contribution is 2.31. The lowest BCUT2D eigenvalue weighted by molar-refractivity contribution is 0.0555. The predicted octanol–water partition coefficient (Wildman–Crippen LogP) is 1.96. The van der Waals surface area contributed by atoms with Crippen molar-refractivity contribution in [3.05, 3.63) is 0 Å². The van der Waals surface area contributed by atoms with Gasteiger partial charge in [-0.15, -0.1) is 0 Å². The molecule has 2 heterocycles. The van der Waals surface area contributed by atoms with Crippen molar-refractivity contribution >= 4 is 16.9 Å². The zero-order valence-corrected chi connectivity index (χ0v) is 13.3. The third kappa shape index (κ3) is 4.36. The minimum atomic E-state index is 0.274. The Hall–Kier alpha value is -0.260. The quantitative estimate of drug-likeness (QED) is 0.784. The summed E-state index contributed by atoms with van der Waals surface area (Å²) in [5.41, 5.74) is 0.274. The van der Waals surface area contributed by atoms with Gasteiger partial charge in [0.1, 0.15) is 0 Å². The summed E-state index contributed by atoms with van der Waals surface area (Å²) in [7, 11) is 2.18. The van der Waals surface area contributed by atoms with Crippen molar-refractivity contribution in [3.63, 3.8) is 0 Å². The molecule has 0 unspecified atom stereocenters. The molecule has 2 fully saturated rings.